The van der Waals surface area contributed by atoms with Crippen molar-refractivity contribution >= 4 is 22.7 Å². The van der Waals surface area contributed by atoms with Crippen molar-refractivity contribution in [2.45, 2.75) is 23.3 Å². The van der Waals surface area contributed by atoms with E-state index in [1.165, 1.54) is 20.7 Å². The third-order valence-corrected chi connectivity index (χ3v) is 4.41. The first kappa shape index (κ1) is 13.2. The van der Waals surface area contributed by atoms with Gasteiger partial charge in [-0.05, 0) is 30.7 Å². The number of aromatic nitrogens is 1. The third-order valence-electron chi connectivity index (χ3n) is 3.23. The van der Waals surface area contributed by atoms with Crippen molar-refractivity contribution < 1.29 is 0 Å². The second kappa shape index (κ2) is 5.65. The minimum atomic E-state index is 0.506. The monoisotopic (exact) mass is 280 g/mol. The number of hydrogen-bond acceptors (Lipinski definition) is 3. The Morgan fingerprint density at radius 1 is 1.10 bits per heavy atom. The van der Waals surface area contributed by atoms with E-state index in [1.807, 2.05) is 24.4 Å². The first-order valence-electron chi connectivity index (χ1n) is 6.59. The summed E-state index contributed by atoms with van der Waals surface area (Å²) in [5, 5.41) is 1.17. The van der Waals surface area contributed by atoms with E-state index in [9.17, 15) is 0 Å². The predicted octanol–water partition coefficient (Wildman–Crippen LogP) is 4.15. The van der Waals surface area contributed by atoms with Crippen LogP contribution in [0.2, 0.25) is 0 Å². The highest BCUT2D eigenvalue weighted by Crippen LogP contribution is 2.35. The molecule has 0 aliphatic heterocycles. The molecule has 20 heavy (non-hydrogen) atoms. The Kier molecular flexibility index (Phi) is 3.72. The molecular weight excluding hydrogens is 264 g/mol. The molecule has 100 valence electrons. The number of fused-ring (bicyclic) bond motifs is 1. The van der Waals surface area contributed by atoms with Crippen LogP contribution in [0.15, 0.2) is 64.5 Å². The largest absolute Gasteiger partial charge is 0.326 e. The van der Waals surface area contributed by atoms with Crippen molar-refractivity contribution in [1.29, 1.82) is 0 Å². The SMILES string of the molecule is Cc1cccc(Sc2c(CN)cnc3ccccc23)c1. The van der Waals surface area contributed by atoms with E-state index in [-0.39, 0.29) is 0 Å². The third kappa shape index (κ3) is 2.55. The quantitative estimate of drug-likeness (QED) is 0.783. The number of nitrogens with zero attached hydrogens (tertiary/aromatic N) is 1. The van der Waals surface area contributed by atoms with Crippen LogP contribution in [0.25, 0.3) is 10.9 Å². The van der Waals surface area contributed by atoms with Gasteiger partial charge >= 0.3 is 0 Å². The Balaban J connectivity index is 2.13. The van der Waals surface area contributed by atoms with Gasteiger partial charge in [-0.1, -0.05) is 47.7 Å². The zero-order chi connectivity index (χ0) is 13.9. The fourth-order valence-corrected chi connectivity index (χ4v) is 3.40. The van der Waals surface area contributed by atoms with E-state index < -0.39 is 0 Å². The number of pyridine rings is 1. The number of rotatable bonds is 3. The van der Waals surface area contributed by atoms with Gasteiger partial charge in [0.05, 0.1) is 5.52 Å². The molecule has 0 amide bonds. The highest BCUT2D eigenvalue weighted by molar-refractivity contribution is 7.99. The lowest BCUT2D eigenvalue weighted by Crippen LogP contribution is -2.00. The van der Waals surface area contributed by atoms with Crippen LogP contribution in [-0.2, 0) is 6.54 Å². The summed E-state index contributed by atoms with van der Waals surface area (Å²) in [6.07, 6.45) is 1.89. The molecule has 0 bridgehead atoms. The average Bonchev–Trinajstić information content (AvgIpc) is 2.48. The Morgan fingerprint density at radius 2 is 1.95 bits per heavy atom. The highest BCUT2D eigenvalue weighted by atomic mass is 32.2. The number of aryl methyl sites for hydroxylation is 1. The molecule has 0 fully saturated rings. The Labute approximate surface area is 123 Å². The molecule has 0 aliphatic rings. The molecule has 0 aliphatic carbocycles. The maximum atomic E-state index is 5.87. The van der Waals surface area contributed by atoms with Gasteiger partial charge in [-0.3, -0.25) is 4.98 Å². The van der Waals surface area contributed by atoms with E-state index in [0.717, 1.165) is 11.1 Å². The highest BCUT2D eigenvalue weighted by Gasteiger charge is 2.09. The van der Waals surface area contributed by atoms with Gasteiger partial charge in [-0.2, -0.15) is 0 Å². The summed E-state index contributed by atoms with van der Waals surface area (Å²) >= 11 is 1.76. The van der Waals surface area contributed by atoms with Gasteiger partial charge in [-0.25, -0.2) is 0 Å². The molecule has 0 unspecified atom stereocenters. The molecule has 0 radical (unpaired) electrons. The lowest BCUT2D eigenvalue weighted by molar-refractivity contribution is 1.02. The van der Waals surface area contributed by atoms with E-state index >= 15 is 0 Å². The average molecular weight is 280 g/mol. The molecule has 0 spiro atoms. The van der Waals surface area contributed by atoms with Gasteiger partial charge in [0, 0.05) is 27.9 Å². The Bertz CT molecular complexity index is 753. The van der Waals surface area contributed by atoms with Gasteiger partial charge in [0.25, 0.3) is 0 Å². The molecule has 2 aromatic carbocycles. The molecule has 2 nitrogen and oxygen atoms in total. The minimum Gasteiger partial charge on any atom is -0.326 e. The standard InChI is InChI=1S/C17H16N2S/c1-12-5-4-6-14(9-12)20-17-13(10-18)11-19-16-8-3-2-7-15(16)17/h2-9,11H,10,18H2,1H3. The van der Waals surface area contributed by atoms with Crippen LogP contribution < -0.4 is 5.73 Å². The van der Waals surface area contributed by atoms with Crippen molar-refractivity contribution in [2.24, 2.45) is 5.73 Å². The van der Waals surface area contributed by atoms with Crippen molar-refractivity contribution in [2.75, 3.05) is 0 Å². The normalized spacial score (nSPS) is 10.9. The smallest absolute Gasteiger partial charge is 0.0713 e. The number of hydrogen-bond donors (Lipinski definition) is 1. The molecule has 2 N–H and O–H groups in total. The van der Waals surface area contributed by atoms with E-state index in [0.29, 0.717) is 6.54 Å². The van der Waals surface area contributed by atoms with Crippen LogP contribution in [-0.4, -0.2) is 4.98 Å². The number of nitrogens with two attached hydrogens (primary N) is 1. The fraction of sp³-hybridized carbons (Fsp3) is 0.118. The summed E-state index contributed by atoms with van der Waals surface area (Å²) in [5.74, 6) is 0. The van der Waals surface area contributed by atoms with Crippen molar-refractivity contribution in [1.82, 2.24) is 4.98 Å². The molecule has 0 saturated carbocycles. The van der Waals surface area contributed by atoms with Crippen molar-refractivity contribution in [3.05, 3.63) is 65.9 Å². The molecule has 0 atom stereocenters. The molecular formula is C17H16N2S. The van der Waals surface area contributed by atoms with Crippen LogP contribution in [0.1, 0.15) is 11.1 Å². The van der Waals surface area contributed by atoms with Gasteiger partial charge in [0.2, 0.25) is 0 Å². The Morgan fingerprint density at radius 3 is 2.75 bits per heavy atom. The number of para-hydroxylation sites is 1. The van der Waals surface area contributed by atoms with E-state index in [4.69, 9.17) is 5.73 Å². The summed E-state index contributed by atoms with van der Waals surface area (Å²) in [5.41, 5.74) is 9.24. The molecule has 3 rings (SSSR count). The van der Waals surface area contributed by atoms with Crippen LogP contribution in [0.5, 0.6) is 0 Å². The van der Waals surface area contributed by atoms with Crippen LogP contribution in [0.4, 0.5) is 0 Å². The summed E-state index contributed by atoms with van der Waals surface area (Å²) in [6.45, 7) is 2.62. The zero-order valence-corrected chi connectivity index (χ0v) is 12.2. The molecule has 1 heterocycles. The summed E-state index contributed by atoms with van der Waals surface area (Å²) in [6, 6.07) is 16.7. The van der Waals surface area contributed by atoms with Gasteiger partial charge in [0.15, 0.2) is 0 Å². The van der Waals surface area contributed by atoms with Crippen molar-refractivity contribution in [3.8, 4) is 0 Å². The topological polar surface area (TPSA) is 38.9 Å². The predicted molar refractivity (Wildman–Crippen MR) is 84.9 cm³/mol. The lowest BCUT2D eigenvalue weighted by Gasteiger charge is -2.11. The zero-order valence-electron chi connectivity index (χ0n) is 11.3. The minimum absolute atomic E-state index is 0.506. The van der Waals surface area contributed by atoms with Crippen LogP contribution >= 0.6 is 11.8 Å². The molecule has 3 aromatic rings. The second-order valence-electron chi connectivity index (χ2n) is 4.75. The maximum Gasteiger partial charge on any atom is 0.0713 e. The van der Waals surface area contributed by atoms with Crippen LogP contribution in [0, 0.1) is 6.92 Å². The second-order valence-corrected chi connectivity index (χ2v) is 5.84. The maximum absolute atomic E-state index is 5.87. The van der Waals surface area contributed by atoms with Gasteiger partial charge in [-0.15, -0.1) is 0 Å². The summed E-state index contributed by atoms with van der Waals surface area (Å²) in [7, 11) is 0. The summed E-state index contributed by atoms with van der Waals surface area (Å²) in [4.78, 5) is 6.92. The van der Waals surface area contributed by atoms with E-state index in [2.05, 4.69) is 42.2 Å². The molecule has 3 heteroatoms. The first-order valence-corrected chi connectivity index (χ1v) is 7.41. The summed E-state index contributed by atoms with van der Waals surface area (Å²) < 4.78 is 0. The fourth-order valence-electron chi connectivity index (χ4n) is 2.22. The van der Waals surface area contributed by atoms with Crippen molar-refractivity contribution in [3.63, 3.8) is 0 Å². The lowest BCUT2D eigenvalue weighted by atomic mass is 10.1. The van der Waals surface area contributed by atoms with E-state index in [1.54, 1.807) is 11.8 Å². The van der Waals surface area contributed by atoms with Crippen LogP contribution in [0.3, 0.4) is 0 Å². The molecule has 1 aromatic heterocycles. The first-order chi connectivity index (χ1) is 9.78. The van der Waals surface area contributed by atoms with Gasteiger partial charge in [0.1, 0.15) is 0 Å². The van der Waals surface area contributed by atoms with Gasteiger partial charge < -0.3 is 5.73 Å². The molecule has 0 saturated heterocycles. The number of benzene rings is 2. The Hall–Kier alpha value is -1.84.